The fourth-order valence-electron chi connectivity index (χ4n) is 2.32. The van der Waals surface area contributed by atoms with Crippen LogP contribution in [0.25, 0.3) is 5.52 Å². The van der Waals surface area contributed by atoms with E-state index in [4.69, 9.17) is 0 Å². The summed E-state index contributed by atoms with van der Waals surface area (Å²) in [6.45, 7) is 0. The fraction of sp³-hybridized carbons (Fsp3) is 0.231. The van der Waals surface area contributed by atoms with Crippen LogP contribution in [-0.4, -0.2) is 27.5 Å². The van der Waals surface area contributed by atoms with Gasteiger partial charge in [0.1, 0.15) is 6.29 Å². The molecule has 0 spiro atoms. The summed E-state index contributed by atoms with van der Waals surface area (Å²) in [7, 11) is 0. The summed E-state index contributed by atoms with van der Waals surface area (Å²) in [6, 6.07) is 3.37. The molecule has 0 aromatic carbocycles. The average Bonchev–Trinajstić information content (AvgIpc) is 2.81. The highest BCUT2D eigenvalue weighted by Crippen LogP contribution is 2.27. The van der Waals surface area contributed by atoms with E-state index in [9.17, 15) is 14.4 Å². The number of fused-ring (bicyclic) bond motifs is 1. The van der Waals surface area contributed by atoms with Gasteiger partial charge in [-0.15, -0.1) is 0 Å². The molecule has 1 aliphatic heterocycles. The number of imidazole rings is 1. The standard InChI is InChI=1S/C13H11N3O3/c17-6-8-3-4-16-7-14-12(10(16)5-8)9-1-2-11(18)15-13(9)19/h3-7,9H,1-2H2,(H,15,18,19). The SMILES string of the molecule is O=Cc1ccn2cnc(C3CCC(=O)NC3=O)c2c1. The molecule has 96 valence electrons. The zero-order chi connectivity index (χ0) is 13.4. The number of nitrogens with one attached hydrogen (secondary N) is 1. The number of imide groups is 1. The molecule has 2 aromatic heterocycles. The zero-order valence-corrected chi connectivity index (χ0v) is 10.00. The third-order valence-corrected chi connectivity index (χ3v) is 3.30. The Morgan fingerprint density at radius 1 is 1.42 bits per heavy atom. The smallest absolute Gasteiger partial charge is 0.235 e. The molecule has 1 aliphatic rings. The Balaban J connectivity index is 2.07. The number of piperidine rings is 1. The predicted octanol–water partition coefficient (Wildman–Crippen LogP) is 0.667. The molecule has 3 rings (SSSR count). The van der Waals surface area contributed by atoms with Gasteiger partial charge in [0.25, 0.3) is 0 Å². The second-order valence-electron chi connectivity index (χ2n) is 4.50. The molecular weight excluding hydrogens is 246 g/mol. The Morgan fingerprint density at radius 3 is 3.00 bits per heavy atom. The van der Waals surface area contributed by atoms with Gasteiger partial charge in [-0.2, -0.15) is 0 Å². The quantitative estimate of drug-likeness (QED) is 0.633. The van der Waals surface area contributed by atoms with E-state index in [0.29, 0.717) is 24.1 Å². The van der Waals surface area contributed by atoms with Crippen LogP contribution in [-0.2, 0) is 9.59 Å². The molecule has 6 heteroatoms. The van der Waals surface area contributed by atoms with E-state index in [1.54, 1.807) is 29.1 Å². The Morgan fingerprint density at radius 2 is 2.26 bits per heavy atom. The van der Waals surface area contributed by atoms with Gasteiger partial charge in [-0.25, -0.2) is 4.98 Å². The molecule has 1 saturated heterocycles. The molecule has 0 bridgehead atoms. The first-order chi connectivity index (χ1) is 9.19. The minimum absolute atomic E-state index is 0.252. The summed E-state index contributed by atoms with van der Waals surface area (Å²) < 4.78 is 1.76. The summed E-state index contributed by atoms with van der Waals surface area (Å²) in [5.41, 5.74) is 1.86. The number of amides is 2. The van der Waals surface area contributed by atoms with Crippen molar-refractivity contribution in [2.45, 2.75) is 18.8 Å². The number of aldehydes is 1. The van der Waals surface area contributed by atoms with E-state index in [1.807, 2.05) is 0 Å². The number of nitrogens with zero attached hydrogens (tertiary/aromatic N) is 2. The van der Waals surface area contributed by atoms with Crippen molar-refractivity contribution in [3.63, 3.8) is 0 Å². The van der Waals surface area contributed by atoms with Crippen molar-refractivity contribution in [1.29, 1.82) is 0 Å². The Hall–Kier alpha value is -2.50. The summed E-state index contributed by atoms with van der Waals surface area (Å²) >= 11 is 0. The largest absolute Gasteiger partial charge is 0.306 e. The molecule has 6 nitrogen and oxygen atoms in total. The summed E-state index contributed by atoms with van der Waals surface area (Å²) in [4.78, 5) is 38.1. The number of hydrogen-bond acceptors (Lipinski definition) is 4. The van der Waals surface area contributed by atoms with Crippen LogP contribution in [0.3, 0.4) is 0 Å². The van der Waals surface area contributed by atoms with E-state index in [-0.39, 0.29) is 11.8 Å². The van der Waals surface area contributed by atoms with Crippen LogP contribution < -0.4 is 5.32 Å². The molecule has 1 unspecified atom stereocenters. The Bertz CT molecular complexity index is 689. The fourth-order valence-corrected chi connectivity index (χ4v) is 2.32. The Kier molecular flexibility index (Phi) is 2.63. The molecule has 1 atom stereocenters. The van der Waals surface area contributed by atoms with Crippen molar-refractivity contribution in [3.05, 3.63) is 35.9 Å². The van der Waals surface area contributed by atoms with Gasteiger partial charge in [-0.05, 0) is 18.6 Å². The van der Waals surface area contributed by atoms with Crippen molar-refractivity contribution in [2.24, 2.45) is 0 Å². The number of carbonyl (C=O) groups is 3. The zero-order valence-electron chi connectivity index (χ0n) is 10.00. The van der Waals surface area contributed by atoms with Gasteiger partial charge in [0.15, 0.2) is 0 Å². The van der Waals surface area contributed by atoms with E-state index < -0.39 is 5.92 Å². The van der Waals surface area contributed by atoms with Crippen LogP contribution >= 0.6 is 0 Å². The lowest BCUT2D eigenvalue weighted by molar-refractivity contribution is -0.134. The van der Waals surface area contributed by atoms with Gasteiger partial charge >= 0.3 is 0 Å². The first kappa shape index (κ1) is 11.6. The molecule has 2 amide bonds. The van der Waals surface area contributed by atoms with E-state index in [0.717, 1.165) is 11.8 Å². The molecule has 1 fully saturated rings. The number of aromatic nitrogens is 2. The highest BCUT2D eigenvalue weighted by Gasteiger charge is 2.30. The van der Waals surface area contributed by atoms with E-state index in [1.165, 1.54) is 0 Å². The van der Waals surface area contributed by atoms with Crippen LogP contribution in [0.5, 0.6) is 0 Å². The highest BCUT2D eigenvalue weighted by atomic mass is 16.2. The monoisotopic (exact) mass is 257 g/mol. The van der Waals surface area contributed by atoms with Crippen LogP contribution in [0, 0.1) is 0 Å². The van der Waals surface area contributed by atoms with Crippen LogP contribution in [0.15, 0.2) is 24.7 Å². The highest BCUT2D eigenvalue weighted by molar-refractivity contribution is 6.01. The topological polar surface area (TPSA) is 80.5 Å². The molecular formula is C13H11N3O3. The van der Waals surface area contributed by atoms with Crippen molar-refractivity contribution in [2.75, 3.05) is 0 Å². The third-order valence-electron chi connectivity index (χ3n) is 3.30. The lowest BCUT2D eigenvalue weighted by Crippen LogP contribution is -2.39. The predicted molar refractivity (Wildman–Crippen MR) is 65.7 cm³/mol. The molecule has 0 radical (unpaired) electrons. The maximum Gasteiger partial charge on any atom is 0.235 e. The van der Waals surface area contributed by atoms with E-state index >= 15 is 0 Å². The van der Waals surface area contributed by atoms with Gasteiger partial charge in [0, 0.05) is 18.2 Å². The van der Waals surface area contributed by atoms with Crippen molar-refractivity contribution < 1.29 is 14.4 Å². The lowest BCUT2D eigenvalue weighted by Gasteiger charge is -2.19. The van der Waals surface area contributed by atoms with E-state index in [2.05, 4.69) is 10.3 Å². The van der Waals surface area contributed by atoms with Gasteiger partial charge in [0.2, 0.25) is 11.8 Å². The number of hydrogen-bond donors (Lipinski definition) is 1. The lowest BCUT2D eigenvalue weighted by atomic mass is 9.94. The van der Waals surface area contributed by atoms with Gasteiger partial charge < -0.3 is 4.40 Å². The van der Waals surface area contributed by atoms with Crippen LogP contribution in [0.4, 0.5) is 0 Å². The van der Waals surface area contributed by atoms with Gasteiger partial charge in [0.05, 0.1) is 23.5 Å². The second kappa shape index (κ2) is 4.31. The summed E-state index contributed by atoms with van der Waals surface area (Å²) in [6.07, 6.45) is 4.83. The maximum absolute atomic E-state index is 11.9. The molecule has 1 N–H and O–H groups in total. The van der Waals surface area contributed by atoms with Gasteiger partial charge in [-0.3, -0.25) is 19.7 Å². The van der Waals surface area contributed by atoms with Crippen molar-refractivity contribution in [1.82, 2.24) is 14.7 Å². The summed E-state index contributed by atoms with van der Waals surface area (Å²) in [5.74, 6) is -1.02. The molecule has 3 heterocycles. The number of rotatable bonds is 2. The third kappa shape index (κ3) is 1.91. The van der Waals surface area contributed by atoms with Crippen LogP contribution in [0.2, 0.25) is 0 Å². The number of pyridine rings is 1. The maximum atomic E-state index is 11.9. The Labute approximate surface area is 108 Å². The molecule has 0 aliphatic carbocycles. The molecule has 19 heavy (non-hydrogen) atoms. The molecule has 2 aromatic rings. The van der Waals surface area contributed by atoms with Crippen molar-refractivity contribution in [3.8, 4) is 0 Å². The average molecular weight is 257 g/mol. The van der Waals surface area contributed by atoms with Gasteiger partial charge in [-0.1, -0.05) is 0 Å². The normalized spacial score (nSPS) is 19.5. The minimum atomic E-state index is -0.440. The van der Waals surface area contributed by atoms with Crippen LogP contribution in [0.1, 0.15) is 34.8 Å². The van der Waals surface area contributed by atoms with Crippen molar-refractivity contribution >= 4 is 23.6 Å². The second-order valence-corrected chi connectivity index (χ2v) is 4.50. The number of carbonyl (C=O) groups excluding carboxylic acids is 3. The molecule has 0 saturated carbocycles. The minimum Gasteiger partial charge on any atom is -0.306 e. The first-order valence-electron chi connectivity index (χ1n) is 5.94. The first-order valence-corrected chi connectivity index (χ1v) is 5.94. The summed E-state index contributed by atoms with van der Waals surface area (Å²) in [5, 5.41) is 2.31.